The molecule has 0 saturated carbocycles. The Morgan fingerprint density at radius 1 is 0.864 bits per heavy atom. The van der Waals surface area contributed by atoms with E-state index in [9.17, 15) is 0 Å². The molecule has 0 heterocycles. The van der Waals surface area contributed by atoms with Gasteiger partial charge in [0.05, 0.1) is 0 Å². The first-order valence-electron chi connectivity index (χ1n) is 9.02. The van der Waals surface area contributed by atoms with Gasteiger partial charge in [-0.3, -0.25) is 0 Å². The first kappa shape index (κ1) is 24.8. The van der Waals surface area contributed by atoms with Crippen LogP contribution in [0.5, 0.6) is 0 Å². The van der Waals surface area contributed by atoms with Crippen molar-refractivity contribution in [2.45, 2.75) is 92.4 Å². The van der Waals surface area contributed by atoms with Crippen LogP contribution >= 0.6 is 14.2 Å². The predicted octanol–water partition coefficient (Wildman–Crippen LogP) is 8.05. The van der Waals surface area contributed by atoms with E-state index in [0.29, 0.717) is 0 Å². The maximum absolute atomic E-state index is 3.83. The second-order valence-electron chi connectivity index (χ2n) is 7.41. The van der Waals surface area contributed by atoms with Crippen LogP contribution in [0.15, 0.2) is 11.6 Å². The molecule has 0 unspecified atom stereocenters. The SMILES string of the molecule is [CH2-]/C=C(\C)CCC[C@H](C)CCC[C@H](C)CCCC(C)C.[Ni][Br]. The molecule has 0 aliphatic carbocycles. The van der Waals surface area contributed by atoms with Crippen LogP contribution < -0.4 is 0 Å². The molecule has 22 heavy (non-hydrogen) atoms. The van der Waals surface area contributed by atoms with Crippen molar-refractivity contribution in [3.05, 3.63) is 18.6 Å². The van der Waals surface area contributed by atoms with Gasteiger partial charge < -0.3 is 0 Å². The fourth-order valence-electron chi connectivity index (χ4n) is 2.81. The van der Waals surface area contributed by atoms with Gasteiger partial charge in [-0.25, -0.2) is 18.6 Å². The first-order chi connectivity index (χ1) is 10.5. The van der Waals surface area contributed by atoms with E-state index in [1.54, 1.807) is 0 Å². The van der Waals surface area contributed by atoms with Crippen LogP contribution in [-0.2, 0) is 13.7 Å². The van der Waals surface area contributed by atoms with E-state index in [-0.39, 0.29) is 0 Å². The molecule has 0 bridgehead atoms. The van der Waals surface area contributed by atoms with E-state index in [1.165, 1.54) is 63.4 Å². The molecule has 0 N–H and O–H groups in total. The van der Waals surface area contributed by atoms with E-state index in [1.807, 2.05) is 6.08 Å². The van der Waals surface area contributed by atoms with Gasteiger partial charge in [0, 0.05) is 0 Å². The van der Waals surface area contributed by atoms with Crippen LogP contribution in [0.25, 0.3) is 0 Å². The van der Waals surface area contributed by atoms with Crippen LogP contribution in [0.1, 0.15) is 92.4 Å². The third kappa shape index (κ3) is 18.6. The summed E-state index contributed by atoms with van der Waals surface area (Å²) in [5.41, 5.74) is 1.44. The molecule has 137 valence electrons. The summed E-state index contributed by atoms with van der Waals surface area (Å²) in [6.07, 6.45) is 14.5. The normalized spacial score (nSPS) is 14.5. The van der Waals surface area contributed by atoms with E-state index < -0.39 is 0 Å². The molecule has 0 spiro atoms. The number of halogens is 1. The molecule has 0 saturated heterocycles. The Morgan fingerprint density at radius 3 is 1.68 bits per heavy atom. The monoisotopic (exact) mass is 416 g/mol. The van der Waals surface area contributed by atoms with Crippen LogP contribution in [0.3, 0.4) is 0 Å². The topological polar surface area (TPSA) is 0 Å². The van der Waals surface area contributed by atoms with Crippen molar-refractivity contribution in [2.24, 2.45) is 17.8 Å². The molecule has 0 aromatic rings. The van der Waals surface area contributed by atoms with E-state index >= 15 is 0 Å². The van der Waals surface area contributed by atoms with Gasteiger partial charge in [0.1, 0.15) is 0 Å². The third-order valence-electron chi connectivity index (χ3n) is 4.49. The Morgan fingerprint density at radius 2 is 1.27 bits per heavy atom. The Labute approximate surface area is 156 Å². The van der Waals surface area contributed by atoms with Crippen molar-refractivity contribution in [3.8, 4) is 0 Å². The fourth-order valence-corrected chi connectivity index (χ4v) is 2.81. The summed E-state index contributed by atoms with van der Waals surface area (Å²) in [7, 11) is 0. The van der Waals surface area contributed by atoms with Gasteiger partial charge in [0.2, 0.25) is 0 Å². The van der Waals surface area contributed by atoms with Crippen LogP contribution in [0.4, 0.5) is 0 Å². The van der Waals surface area contributed by atoms with Crippen molar-refractivity contribution < 1.29 is 13.7 Å². The zero-order chi connectivity index (χ0) is 17.4. The summed E-state index contributed by atoms with van der Waals surface area (Å²) in [5.74, 6) is 2.70. The molecule has 0 radical (unpaired) electrons. The summed E-state index contributed by atoms with van der Waals surface area (Å²) in [6.45, 7) is 15.5. The van der Waals surface area contributed by atoms with Crippen LogP contribution in [0, 0.1) is 24.7 Å². The average Bonchev–Trinajstić information content (AvgIpc) is 2.48. The number of hydrogen-bond donors (Lipinski definition) is 0. The molecule has 0 aliphatic rings. The van der Waals surface area contributed by atoms with Gasteiger partial charge in [-0.05, 0) is 17.8 Å². The maximum atomic E-state index is 3.83. The predicted molar refractivity (Wildman–Crippen MR) is 103 cm³/mol. The van der Waals surface area contributed by atoms with Gasteiger partial charge in [0.15, 0.2) is 0 Å². The molecule has 0 aromatic heterocycles. The standard InChI is InChI=1S/C20H39.BrH.Ni/c1-7-18(4)12-9-14-20(6)16-10-15-19(5)13-8-11-17(2)3;;/h7,17,19-20H,1,8-16H2,2-6H3;1H;/q-1;;+1/p-1/b18-7+;;/t19-,20+;;/m1../s1. The quantitative estimate of drug-likeness (QED) is 0.222. The van der Waals surface area contributed by atoms with Crippen molar-refractivity contribution >= 4 is 14.2 Å². The van der Waals surface area contributed by atoms with Crippen molar-refractivity contribution in [3.63, 3.8) is 0 Å². The molecule has 0 amide bonds. The van der Waals surface area contributed by atoms with Crippen molar-refractivity contribution in [1.29, 1.82) is 0 Å². The Balaban J connectivity index is 0. The van der Waals surface area contributed by atoms with Gasteiger partial charge >= 0.3 is 27.9 Å². The van der Waals surface area contributed by atoms with Gasteiger partial charge in [-0.2, -0.15) is 0 Å². The Hall–Kier alpha value is 0.584. The van der Waals surface area contributed by atoms with Gasteiger partial charge in [0.25, 0.3) is 0 Å². The molecule has 0 rings (SSSR count). The van der Waals surface area contributed by atoms with Crippen molar-refractivity contribution in [1.82, 2.24) is 0 Å². The molecule has 2 heteroatoms. The van der Waals surface area contributed by atoms with Gasteiger partial charge in [-0.15, -0.1) is 6.92 Å². The summed E-state index contributed by atoms with van der Waals surface area (Å²) in [5, 5.41) is 0. The Kier molecular flexibility index (Phi) is 20.2. The molecule has 0 nitrogen and oxygen atoms in total. The molecular formula is C20H39BrNi-. The second kappa shape index (κ2) is 17.9. The summed E-state index contributed by atoms with van der Waals surface area (Å²) in [4.78, 5) is 0. The van der Waals surface area contributed by atoms with E-state index in [4.69, 9.17) is 0 Å². The minimum atomic E-state index is 0.873. The van der Waals surface area contributed by atoms with E-state index in [2.05, 4.69) is 69.5 Å². The number of hydrogen-bond acceptors (Lipinski definition) is 0. The van der Waals surface area contributed by atoms with E-state index in [0.717, 1.165) is 17.8 Å². The summed E-state index contributed by atoms with van der Waals surface area (Å²) >= 11 is 6.25. The summed E-state index contributed by atoms with van der Waals surface area (Å²) in [6, 6.07) is 0. The summed E-state index contributed by atoms with van der Waals surface area (Å²) < 4.78 is 0. The Bertz CT molecular complexity index is 248. The molecule has 0 aliphatic heterocycles. The number of allylic oxidation sites excluding steroid dienone is 2. The fraction of sp³-hybridized carbons (Fsp3) is 0.850. The van der Waals surface area contributed by atoms with Crippen LogP contribution in [-0.4, -0.2) is 0 Å². The zero-order valence-corrected chi connectivity index (χ0v) is 18.1. The van der Waals surface area contributed by atoms with Crippen LogP contribution in [0.2, 0.25) is 0 Å². The number of rotatable bonds is 12. The third-order valence-corrected chi connectivity index (χ3v) is 4.49. The molecule has 2 atom stereocenters. The zero-order valence-electron chi connectivity index (χ0n) is 15.6. The molecule has 0 fully saturated rings. The van der Waals surface area contributed by atoms with Gasteiger partial charge in [-0.1, -0.05) is 85.5 Å². The average molecular weight is 418 g/mol. The minimum absolute atomic E-state index is 0.873. The van der Waals surface area contributed by atoms with Crippen molar-refractivity contribution in [2.75, 3.05) is 0 Å². The molecule has 0 aromatic carbocycles. The second-order valence-corrected chi connectivity index (χ2v) is 7.41. The molecular weight excluding hydrogens is 379 g/mol. The first-order valence-corrected chi connectivity index (χ1v) is 11.5.